The van der Waals surface area contributed by atoms with Crippen molar-refractivity contribution in [2.45, 2.75) is 20.4 Å². The van der Waals surface area contributed by atoms with E-state index in [1.807, 2.05) is 36.6 Å². The lowest BCUT2D eigenvalue weighted by molar-refractivity contribution is 0.869. The number of aliphatic imine (C=N–C) groups is 1. The van der Waals surface area contributed by atoms with Gasteiger partial charge in [-0.1, -0.05) is 23.7 Å². The molecule has 0 saturated heterocycles. The molecule has 3 aromatic heterocycles. The Balaban J connectivity index is 1.73. The second kappa shape index (κ2) is 7.23. The summed E-state index contributed by atoms with van der Waals surface area (Å²) in [6, 6.07) is 7.78. The van der Waals surface area contributed by atoms with Crippen molar-refractivity contribution in [3.05, 3.63) is 79.1 Å². The van der Waals surface area contributed by atoms with E-state index >= 15 is 0 Å². The van der Waals surface area contributed by atoms with Crippen LogP contribution in [0.25, 0.3) is 5.00 Å². The smallest absolute Gasteiger partial charge is 0.167 e. The molecule has 0 saturated carbocycles. The van der Waals surface area contributed by atoms with Crippen LogP contribution in [0.3, 0.4) is 0 Å². The number of benzene rings is 1. The Hall–Kier alpha value is -2.79. The molecule has 29 heavy (non-hydrogen) atoms. The number of aryl methyl sites for hydroxylation is 1. The molecular formula is C21H14ClN5S2. The Morgan fingerprint density at radius 2 is 1.93 bits per heavy atom. The average molecular weight is 436 g/mol. The van der Waals surface area contributed by atoms with E-state index in [1.54, 1.807) is 17.5 Å². The molecule has 0 aliphatic carbocycles. The highest BCUT2D eigenvalue weighted by atomic mass is 35.5. The van der Waals surface area contributed by atoms with Crippen molar-refractivity contribution < 1.29 is 0 Å². The molecule has 0 spiro atoms. The first kappa shape index (κ1) is 18.3. The predicted molar refractivity (Wildman–Crippen MR) is 118 cm³/mol. The van der Waals surface area contributed by atoms with E-state index in [1.165, 1.54) is 11.3 Å². The zero-order chi connectivity index (χ0) is 20.0. The van der Waals surface area contributed by atoms with E-state index in [2.05, 4.69) is 38.5 Å². The van der Waals surface area contributed by atoms with Gasteiger partial charge in [0.15, 0.2) is 10.8 Å². The van der Waals surface area contributed by atoms with E-state index in [0.717, 1.165) is 48.9 Å². The van der Waals surface area contributed by atoms with E-state index in [0.29, 0.717) is 11.6 Å². The molecule has 1 aromatic carbocycles. The van der Waals surface area contributed by atoms with Crippen molar-refractivity contribution in [3.63, 3.8) is 0 Å². The molecule has 1 aliphatic rings. The standard InChI is InChI=1S/C21H14ClN5S2/c1-12-16(7-8-18-23-9-10-28-18)29-21-19(12)20(14-3-5-15(22)6-4-14)24-11-17-26-25-13(2)27(17)21/h3-6,9-10H,11H2,1-2H3. The maximum atomic E-state index is 6.10. The van der Waals surface area contributed by atoms with Crippen molar-refractivity contribution in [2.75, 3.05) is 0 Å². The van der Waals surface area contributed by atoms with Gasteiger partial charge in [0.05, 0.1) is 10.6 Å². The van der Waals surface area contributed by atoms with Crippen LogP contribution in [-0.2, 0) is 6.54 Å². The van der Waals surface area contributed by atoms with Gasteiger partial charge in [-0.05, 0) is 43.4 Å². The van der Waals surface area contributed by atoms with Crippen LogP contribution in [0.1, 0.15) is 38.2 Å². The van der Waals surface area contributed by atoms with Gasteiger partial charge in [-0.2, -0.15) is 0 Å². The SMILES string of the molecule is Cc1c(C#Cc2nccs2)sc2c1C(c1ccc(Cl)cc1)=NCc1nnc(C)n1-2. The minimum Gasteiger partial charge on any atom is -0.276 e. The highest BCUT2D eigenvalue weighted by Gasteiger charge is 2.27. The summed E-state index contributed by atoms with van der Waals surface area (Å²) >= 11 is 9.28. The number of thiophene rings is 1. The number of nitrogens with zero attached hydrogens (tertiary/aromatic N) is 5. The van der Waals surface area contributed by atoms with Crippen LogP contribution in [-0.4, -0.2) is 25.5 Å². The number of halogens is 1. The third-order valence-electron chi connectivity index (χ3n) is 4.67. The van der Waals surface area contributed by atoms with Gasteiger partial charge in [-0.3, -0.25) is 9.56 Å². The molecule has 142 valence electrons. The van der Waals surface area contributed by atoms with E-state index in [4.69, 9.17) is 16.6 Å². The molecule has 5 nitrogen and oxygen atoms in total. The van der Waals surface area contributed by atoms with Crippen LogP contribution < -0.4 is 0 Å². The van der Waals surface area contributed by atoms with Crippen molar-refractivity contribution in [1.82, 2.24) is 19.7 Å². The van der Waals surface area contributed by atoms with Crippen molar-refractivity contribution >= 4 is 40.0 Å². The molecule has 0 bridgehead atoms. The summed E-state index contributed by atoms with van der Waals surface area (Å²) in [7, 11) is 0. The number of hydrogen-bond donors (Lipinski definition) is 0. The van der Waals surface area contributed by atoms with Crippen LogP contribution in [0.2, 0.25) is 5.02 Å². The first-order valence-corrected chi connectivity index (χ1v) is 11.0. The Morgan fingerprint density at radius 1 is 1.10 bits per heavy atom. The van der Waals surface area contributed by atoms with E-state index in [9.17, 15) is 0 Å². The lowest BCUT2D eigenvalue weighted by Crippen LogP contribution is -2.07. The maximum absolute atomic E-state index is 6.10. The molecule has 1 aliphatic heterocycles. The van der Waals surface area contributed by atoms with Crippen molar-refractivity contribution in [2.24, 2.45) is 4.99 Å². The summed E-state index contributed by atoms with van der Waals surface area (Å²) < 4.78 is 2.09. The summed E-state index contributed by atoms with van der Waals surface area (Å²) in [5.41, 5.74) is 4.12. The fourth-order valence-corrected chi connectivity index (χ4v) is 5.13. The van der Waals surface area contributed by atoms with Crippen LogP contribution in [0.4, 0.5) is 0 Å². The van der Waals surface area contributed by atoms with Crippen LogP contribution in [0, 0.1) is 25.7 Å². The third kappa shape index (κ3) is 3.19. The van der Waals surface area contributed by atoms with Crippen molar-refractivity contribution in [1.29, 1.82) is 0 Å². The Bertz CT molecular complexity index is 1300. The monoisotopic (exact) mass is 435 g/mol. The highest BCUT2D eigenvalue weighted by molar-refractivity contribution is 7.15. The second-order valence-corrected chi connectivity index (χ2v) is 8.82. The van der Waals surface area contributed by atoms with Crippen molar-refractivity contribution in [3.8, 4) is 16.8 Å². The molecule has 0 radical (unpaired) electrons. The summed E-state index contributed by atoms with van der Waals surface area (Å²) in [4.78, 5) is 10.2. The Kier molecular flexibility index (Phi) is 4.55. The molecule has 0 amide bonds. The highest BCUT2D eigenvalue weighted by Crippen LogP contribution is 2.36. The first-order chi connectivity index (χ1) is 14.1. The normalized spacial score (nSPS) is 12.4. The van der Waals surface area contributed by atoms with E-state index < -0.39 is 0 Å². The topological polar surface area (TPSA) is 56.0 Å². The number of thiazole rings is 1. The molecule has 0 fully saturated rings. The van der Waals surface area contributed by atoms with Crippen LogP contribution in [0.15, 0.2) is 40.8 Å². The van der Waals surface area contributed by atoms with Crippen LogP contribution in [0.5, 0.6) is 0 Å². The summed E-state index contributed by atoms with van der Waals surface area (Å²) in [5, 5.41) is 13.1. The van der Waals surface area contributed by atoms with Gasteiger partial charge in [-0.25, -0.2) is 4.98 Å². The predicted octanol–water partition coefficient (Wildman–Crippen LogP) is 4.81. The van der Waals surface area contributed by atoms with Gasteiger partial charge >= 0.3 is 0 Å². The minimum absolute atomic E-state index is 0.472. The first-order valence-electron chi connectivity index (χ1n) is 8.88. The maximum Gasteiger partial charge on any atom is 0.167 e. The lowest BCUT2D eigenvalue weighted by atomic mass is 10.00. The molecule has 4 heterocycles. The summed E-state index contributed by atoms with van der Waals surface area (Å²) in [6.45, 7) is 4.53. The van der Waals surface area contributed by atoms with Gasteiger partial charge in [0, 0.05) is 27.7 Å². The average Bonchev–Trinajstić information content (AvgIpc) is 3.40. The number of aromatic nitrogens is 4. The van der Waals surface area contributed by atoms with E-state index in [-0.39, 0.29) is 0 Å². The number of fused-ring (bicyclic) bond motifs is 3. The van der Waals surface area contributed by atoms with Gasteiger partial charge in [0.1, 0.15) is 17.4 Å². The molecule has 0 unspecified atom stereocenters. The summed E-state index contributed by atoms with van der Waals surface area (Å²) in [5.74, 6) is 8.14. The number of hydrogen-bond acceptors (Lipinski definition) is 6. The molecule has 8 heteroatoms. The quantitative estimate of drug-likeness (QED) is 0.403. The molecule has 0 N–H and O–H groups in total. The Labute approximate surface area is 180 Å². The number of rotatable bonds is 1. The van der Waals surface area contributed by atoms with Gasteiger partial charge < -0.3 is 0 Å². The summed E-state index contributed by atoms with van der Waals surface area (Å²) in [6.07, 6.45) is 1.77. The zero-order valence-electron chi connectivity index (χ0n) is 15.6. The fourth-order valence-electron chi connectivity index (χ4n) is 3.29. The van der Waals surface area contributed by atoms with Crippen LogP contribution >= 0.6 is 34.3 Å². The Morgan fingerprint density at radius 3 is 2.69 bits per heavy atom. The molecule has 4 aromatic rings. The van der Waals surface area contributed by atoms with Gasteiger partial charge in [0.2, 0.25) is 0 Å². The minimum atomic E-state index is 0.472. The largest absolute Gasteiger partial charge is 0.276 e. The third-order valence-corrected chi connectivity index (χ3v) is 6.80. The molecular weight excluding hydrogens is 422 g/mol. The molecule has 0 atom stereocenters. The lowest BCUT2D eigenvalue weighted by Gasteiger charge is -2.09. The fraction of sp³-hybridized carbons (Fsp3) is 0.143. The van der Waals surface area contributed by atoms with Gasteiger partial charge in [0.25, 0.3) is 0 Å². The van der Waals surface area contributed by atoms with Gasteiger partial charge in [-0.15, -0.1) is 32.9 Å². The second-order valence-electron chi connectivity index (χ2n) is 6.49. The molecule has 5 rings (SSSR count). The zero-order valence-corrected chi connectivity index (χ0v) is 18.0.